The lowest BCUT2D eigenvalue weighted by molar-refractivity contribution is -0.135. The van der Waals surface area contributed by atoms with Crippen molar-refractivity contribution in [2.45, 2.75) is 26.3 Å². The van der Waals surface area contributed by atoms with Gasteiger partial charge in [0, 0.05) is 28.6 Å². The van der Waals surface area contributed by atoms with Crippen LogP contribution in [0, 0.1) is 11.7 Å². The molecular formula is C27H28ClFN2O3S. The molecule has 0 spiro atoms. The maximum absolute atomic E-state index is 13.7. The zero-order chi connectivity index (χ0) is 24.9. The summed E-state index contributed by atoms with van der Waals surface area (Å²) in [6.45, 7) is 5.12. The normalized spacial score (nSPS) is 15.1. The molecule has 1 atom stereocenters. The van der Waals surface area contributed by atoms with E-state index in [1.165, 1.54) is 28.0 Å². The first-order valence-electron chi connectivity index (χ1n) is 11.6. The molecule has 0 N–H and O–H groups in total. The standard InChI is InChI=1S/C27H28ClFN2O3S/c1-18(2)15-30(27(33)19-4-3-5-21(29)14-19)16-26(32)31-12-10-25-23(11-13-35-25)24(31)17-34-22-8-6-20(28)7-9-22/h3-9,11,13-14,18,24H,10,12,15-17H2,1-2H3/t24-/m0/s1. The molecule has 5 nitrogen and oxygen atoms in total. The number of carbonyl (C=O) groups is 2. The third-order valence-electron chi connectivity index (χ3n) is 5.91. The lowest BCUT2D eigenvalue weighted by Gasteiger charge is -2.37. The summed E-state index contributed by atoms with van der Waals surface area (Å²) in [5, 5.41) is 2.66. The van der Waals surface area contributed by atoms with Crippen LogP contribution in [0.5, 0.6) is 5.75 Å². The molecule has 1 aliphatic rings. The zero-order valence-corrected chi connectivity index (χ0v) is 21.3. The van der Waals surface area contributed by atoms with E-state index in [0.717, 1.165) is 12.0 Å². The van der Waals surface area contributed by atoms with Crippen molar-refractivity contribution in [1.82, 2.24) is 9.80 Å². The van der Waals surface area contributed by atoms with E-state index < -0.39 is 5.82 Å². The van der Waals surface area contributed by atoms with Gasteiger partial charge in [-0.05, 0) is 71.8 Å². The van der Waals surface area contributed by atoms with Gasteiger partial charge in [-0.1, -0.05) is 31.5 Å². The van der Waals surface area contributed by atoms with Crippen LogP contribution in [0.25, 0.3) is 0 Å². The van der Waals surface area contributed by atoms with Crippen LogP contribution in [-0.4, -0.2) is 47.9 Å². The fourth-order valence-electron chi connectivity index (χ4n) is 4.30. The summed E-state index contributed by atoms with van der Waals surface area (Å²) >= 11 is 7.66. The first kappa shape index (κ1) is 25.2. The Bertz CT molecular complexity index is 1180. The number of hydrogen-bond acceptors (Lipinski definition) is 4. The van der Waals surface area contributed by atoms with Gasteiger partial charge in [0.2, 0.25) is 5.91 Å². The van der Waals surface area contributed by atoms with E-state index in [-0.39, 0.29) is 35.9 Å². The van der Waals surface area contributed by atoms with Crippen LogP contribution in [0.3, 0.4) is 0 Å². The van der Waals surface area contributed by atoms with Crippen molar-refractivity contribution in [1.29, 1.82) is 0 Å². The third-order valence-corrected chi connectivity index (χ3v) is 7.16. The Morgan fingerprint density at radius 2 is 1.97 bits per heavy atom. The van der Waals surface area contributed by atoms with E-state index in [4.69, 9.17) is 16.3 Å². The van der Waals surface area contributed by atoms with E-state index >= 15 is 0 Å². The van der Waals surface area contributed by atoms with Crippen LogP contribution < -0.4 is 4.74 Å². The molecule has 3 aromatic rings. The number of fused-ring (bicyclic) bond motifs is 1. The predicted molar refractivity (Wildman–Crippen MR) is 137 cm³/mol. The van der Waals surface area contributed by atoms with Crippen LogP contribution in [0.15, 0.2) is 60.0 Å². The maximum Gasteiger partial charge on any atom is 0.254 e. The number of halogens is 2. The fourth-order valence-corrected chi connectivity index (χ4v) is 5.35. The van der Waals surface area contributed by atoms with Crippen molar-refractivity contribution < 1.29 is 18.7 Å². The molecule has 0 fully saturated rings. The van der Waals surface area contributed by atoms with Gasteiger partial charge < -0.3 is 14.5 Å². The highest BCUT2D eigenvalue weighted by Crippen LogP contribution is 2.34. The van der Waals surface area contributed by atoms with E-state index in [9.17, 15) is 14.0 Å². The predicted octanol–water partition coefficient (Wildman–Crippen LogP) is 5.84. The minimum Gasteiger partial charge on any atom is -0.491 e. The summed E-state index contributed by atoms with van der Waals surface area (Å²) in [6, 6.07) is 14.5. The topological polar surface area (TPSA) is 49.9 Å². The number of amides is 2. The molecule has 0 radical (unpaired) electrons. The number of hydrogen-bond donors (Lipinski definition) is 0. The minimum absolute atomic E-state index is 0.0789. The lowest BCUT2D eigenvalue weighted by atomic mass is 10.00. The van der Waals surface area contributed by atoms with Gasteiger partial charge in [-0.3, -0.25) is 9.59 Å². The van der Waals surface area contributed by atoms with Crippen LogP contribution in [0.2, 0.25) is 5.02 Å². The van der Waals surface area contributed by atoms with Crippen LogP contribution in [0.4, 0.5) is 4.39 Å². The van der Waals surface area contributed by atoms with Crippen molar-refractivity contribution >= 4 is 34.8 Å². The average molecular weight is 515 g/mol. The quantitative estimate of drug-likeness (QED) is 0.379. The van der Waals surface area contributed by atoms with Crippen molar-refractivity contribution in [2.24, 2.45) is 5.92 Å². The molecule has 0 aliphatic carbocycles. The van der Waals surface area contributed by atoms with E-state index in [2.05, 4.69) is 0 Å². The van der Waals surface area contributed by atoms with E-state index in [0.29, 0.717) is 30.5 Å². The van der Waals surface area contributed by atoms with Gasteiger partial charge in [0.15, 0.2) is 0 Å². The molecule has 0 saturated carbocycles. The van der Waals surface area contributed by atoms with E-state index in [1.807, 2.05) is 25.3 Å². The molecule has 1 aliphatic heterocycles. The molecule has 1 aromatic heterocycles. The monoisotopic (exact) mass is 514 g/mol. The lowest BCUT2D eigenvalue weighted by Crippen LogP contribution is -2.48. The molecule has 2 aromatic carbocycles. The summed E-state index contributed by atoms with van der Waals surface area (Å²) in [5.41, 5.74) is 1.32. The molecule has 4 rings (SSSR count). The minimum atomic E-state index is -0.480. The summed E-state index contributed by atoms with van der Waals surface area (Å²) in [7, 11) is 0. The van der Waals surface area contributed by atoms with Crippen LogP contribution in [0.1, 0.15) is 40.7 Å². The number of ether oxygens (including phenoxy) is 1. The Hall–Kier alpha value is -2.90. The van der Waals surface area contributed by atoms with Gasteiger partial charge in [0.1, 0.15) is 24.7 Å². The molecule has 0 bridgehead atoms. The highest BCUT2D eigenvalue weighted by molar-refractivity contribution is 7.10. The fraction of sp³-hybridized carbons (Fsp3) is 0.333. The molecule has 0 unspecified atom stereocenters. The van der Waals surface area contributed by atoms with Gasteiger partial charge in [-0.15, -0.1) is 11.3 Å². The smallest absolute Gasteiger partial charge is 0.254 e. The zero-order valence-electron chi connectivity index (χ0n) is 19.7. The van der Waals surface area contributed by atoms with Crippen molar-refractivity contribution in [3.63, 3.8) is 0 Å². The van der Waals surface area contributed by atoms with Gasteiger partial charge >= 0.3 is 0 Å². The van der Waals surface area contributed by atoms with Crippen molar-refractivity contribution in [3.05, 3.63) is 86.8 Å². The number of rotatable bonds is 8. The number of benzene rings is 2. The van der Waals surface area contributed by atoms with Gasteiger partial charge in [0.05, 0.1) is 6.04 Å². The van der Waals surface area contributed by atoms with Crippen molar-refractivity contribution in [2.75, 3.05) is 26.2 Å². The van der Waals surface area contributed by atoms with Crippen molar-refractivity contribution in [3.8, 4) is 5.75 Å². The summed E-state index contributed by atoms with van der Waals surface area (Å²) in [6.07, 6.45) is 0.762. The molecule has 8 heteroatoms. The largest absolute Gasteiger partial charge is 0.491 e. The highest BCUT2D eigenvalue weighted by Gasteiger charge is 2.33. The Labute approximate surface area is 214 Å². The number of thiophene rings is 1. The summed E-state index contributed by atoms with van der Waals surface area (Å²) in [5.74, 6) is -0.168. The van der Waals surface area contributed by atoms with Gasteiger partial charge in [-0.2, -0.15) is 0 Å². The second-order valence-electron chi connectivity index (χ2n) is 9.01. The maximum atomic E-state index is 13.7. The third kappa shape index (κ3) is 6.21. The summed E-state index contributed by atoms with van der Waals surface area (Å²) in [4.78, 5) is 31.3. The van der Waals surface area contributed by atoms with Crippen LogP contribution in [-0.2, 0) is 11.2 Å². The highest BCUT2D eigenvalue weighted by atomic mass is 35.5. The molecule has 0 saturated heterocycles. The van der Waals surface area contributed by atoms with Crippen LogP contribution >= 0.6 is 22.9 Å². The first-order valence-corrected chi connectivity index (χ1v) is 12.9. The molecule has 2 amide bonds. The molecule has 35 heavy (non-hydrogen) atoms. The molecule has 184 valence electrons. The second-order valence-corrected chi connectivity index (χ2v) is 10.4. The number of carbonyl (C=O) groups excluding carboxylic acids is 2. The SMILES string of the molecule is CC(C)CN(CC(=O)N1CCc2sccc2[C@@H]1COc1ccc(Cl)cc1)C(=O)c1cccc(F)c1. The Balaban J connectivity index is 1.53. The number of nitrogens with zero attached hydrogens (tertiary/aromatic N) is 2. The van der Waals surface area contributed by atoms with Gasteiger partial charge in [0.25, 0.3) is 5.91 Å². The summed E-state index contributed by atoms with van der Waals surface area (Å²) < 4.78 is 19.8. The first-order chi connectivity index (χ1) is 16.8. The average Bonchev–Trinajstić information content (AvgIpc) is 3.31. The molecular weight excluding hydrogens is 487 g/mol. The Kier molecular flexibility index (Phi) is 8.08. The van der Waals surface area contributed by atoms with E-state index in [1.54, 1.807) is 46.6 Å². The Morgan fingerprint density at radius 3 is 2.69 bits per heavy atom. The molecule has 2 heterocycles. The second kappa shape index (κ2) is 11.2. The Morgan fingerprint density at radius 1 is 1.20 bits per heavy atom. The van der Waals surface area contributed by atoms with Gasteiger partial charge in [-0.25, -0.2) is 4.39 Å².